The quantitative estimate of drug-likeness (QED) is 0.425. The van der Waals surface area contributed by atoms with Crippen molar-refractivity contribution >= 4 is 17.6 Å². The summed E-state index contributed by atoms with van der Waals surface area (Å²) < 4.78 is 44.3. The minimum Gasteiger partial charge on any atom is -0.496 e. The molecule has 10 nitrogen and oxygen atoms in total. The molecular formula is C26H28F2N4O6. The number of benzene rings is 1. The first kappa shape index (κ1) is 25.6. The Labute approximate surface area is 217 Å². The zero-order valence-corrected chi connectivity index (χ0v) is 20.7. The molecule has 1 saturated carbocycles. The number of nitrogens with zero attached hydrogens (tertiary/aromatic N) is 3. The molecule has 2 N–H and O–H groups in total. The summed E-state index contributed by atoms with van der Waals surface area (Å²) in [6.07, 6.45) is 5.76. The summed E-state index contributed by atoms with van der Waals surface area (Å²) in [6.45, 7) is -1.78. The van der Waals surface area contributed by atoms with Crippen LogP contribution < -0.4 is 19.5 Å². The number of ether oxygens (including phenoxy) is 3. The van der Waals surface area contributed by atoms with Crippen molar-refractivity contribution < 1.29 is 37.7 Å². The molecule has 2 fully saturated rings. The highest BCUT2D eigenvalue weighted by atomic mass is 19.3. The summed E-state index contributed by atoms with van der Waals surface area (Å²) >= 11 is 0. The average Bonchev–Trinajstić information content (AvgIpc) is 3.61. The largest absolute Gasteiger partial charge is 0.496 e. The van der Waals surface area contributed by atoms with E-state index in [1.807, 2.05) is 0 Å². The molecule has 0 bridgehead atoms. The fraction of sp³-hybridized carbons (Fsp3) is 0.423. The Kier molecular flexibility index (Phi) is 7.21. The molecule has 1 aliphatic carbocycles. The number of carboxylic acid groups (broad SMARTS) is 1. The van der Waals surface area contributed by atoms with Gasteiger partial charge in [0.1, 0.15) is 28.5 Å². The van der Waals surface area contributed by atoms with Crippen LogP contribution in [-0.4, -0.2) is 70.9 Å². The molecule has 1 atom stereocenters. The highest BCUT2D eigenvalue weighted by Crippen LogP contribution is 2.37. The van der Waals surface area contributed by atoms with Crippen molar-refractivity contribution in [2.45, 2.75) is 38.3 Å². The zero-order valence-electron chi connectivity index (χ0n) is 20.7. The summed E-state index contributed by atoms with van der Waals surface area (Å²) in [5, 5.41) is 12.0. The Morgan fingerprint density at radius 1 is 1.21 bits per heavy atom. The van der Waals surface area contributed by atoms with Crippen LogP contribution in [0.2, 0.25) is 0 Å². The first-order valence-corrected chi connectivity index (χ1v) is 12.4. The van der Waals surface area contributed by atoms with E-state index in [9.17, 15) is 23.5 Å². The van der Waals surface area contributed by atoms with Crippen molar-refractivity contribution in [3.05, 3.63) is 42.2 Å². The molecule has 3 aromatic rings. The van der Waals surface area contributed by atoms with Crippen LogP contribution in [0.4, 0.5) is 13.6 Å². The number of methoxy groups -OCH3 is 1. The van der Waals surface area contributed by atoms with E-state index >= 15 is 0 Å². The van der Waals surface area contributed by atoms with Crippen molar-refractivity contribution in [1.29, 1.82) is 0 Å². The van der Waals surface area contributed by atoms with Crippen LogP contribution in [-0.2, 0) is 0 Å². The SMILES string of the molecule is COc1cc(-c2cnc3cc(OC[C@@H]4CCCN(C(=O)O)C4)ccn23)cc(OC(F)F)c1C(=O)NC1CC1. The number of piperidine rings is 1. The second kappa shape index (κ2) is 10.7. The predicted molar refractivity (Wildman–Crippen MR) is 132 cm³/mol. The Balaban J connectivity index is 1.39. The molecule has 1 aromatic carbocycles. The standard InChI is InChI=1S/C26H28F2N4O6/c1-36-20-9-16(10-21(38-25(27)28)23(20)24(33)30-17-4-5-17)19-12-29-22-11-18(6-8-32(19)22)37-14-15-3-2-7-31(13-15)26(34)35/h6,8-12,15,17,25H,2-5,7,13-14H2,1H3,(H,30,33)(H,34,35)/t15-/m1/s1. The third-order valence-corrected chi connectivity index (χ3v) is 6.70. The lowest BCUT2D eigenvalue weighted by atomic mass is 9.99. The van der Waals surface area contributed by atoms with Crippen LogP contribution in [0.1, 0.15) is 36.0 Å². The topological polar surface area (TPSA) is 115 Å². The smallest absolute Gasteiger partial charge is 0.407 e. The maximum Gasteiger partial charge on any atom is 0.407 e. The average molecular weight is 531 g/mol. The molecule has 12 heteroatoms. The van der Waals surface area contributed by atoms with Crippen molar-refractivity contribution in [2.75, 3.05) is 26.8 Å². The number of halogens is 2. The van der Waals surface area contributed by atoms with Crippen LogP contribution in [0.3, 0.4) is 0 Å². The van der Waals surface area contributed by atoms with Gasteiger partial charge < -0.3 is 29.5 Å². The molecule has 1 saturated heterocycles. The summed E-state index contributed by atoms with van der Waals surface area (Å²) in [5.41, 5.74) is 1.51. The molecule has 2 aliphatic rings. The number of carbonyl (C=O) groups excluding carboxylic acids is 1. The van der Waals surface area contributed by atoms with E-state index in [2.05, 4.69) is 10.3 Å². The van der Waals surface area contributed by atoms with Crippen molar-refractivity contribution in [2.24, 2.45) is 5.92 Å². The fourth-order valence-electron chi connectivity index (χ4n) is 4.65. The molecule has 3 heterocycles. The van der Waals surface area contributed by atoms with Gasteiger partial charge in [-0.15, -0.1) is 0 Å². The Hall–Kier alpha value is -4.09. The summed E-state index contributed by atoms with van der Waals surface area (Å²) in [5.74, 6) is -0.0356. The first-order chi connectivity index (χ1) is 18.3. The van der Waals surface area contributed by atoms with Crippen LogP contribution in [0, 0.1) is 5.92 Å². The molecule has 1 aliphatic heterocycles. The summed E-state index contributed by atoms with van der Waals surface area (Å²) in [4.78, 5) is 29.9. The van der Waals surface area contributed by atoms with Crippen LogP contribution in [0.5, 0.6) is 17.2 Å². The number of likely N-dealkylation sites (tertiary alicyclic amines) is 1. The number of alkyl halides is 2. The fourth-order valence-corrected chi connectivity index (χ4v) is 4.65. The number of carbonyl (C=O) groups is 2. The minimum atomic E-state index is -3.13. The van der Waals surface area contributed by atoms with E-state index in [-0.39, 0.29) is 29.0 Å². The van der Waals surface area contributed by atoms with E-state index < -0.39 is 18.6 Å². The van der Waals surface area contributed by atoms with E-state index in [0.717, 1.165) is 25.7 Å². The molecule has 2 amide bonds. The van der Waals surface area contributed by atoms with Gasteiger partial charge >= 0.3 is 12.7 Å². The van der Waals surface area contributed by atoms with Gasteiger partial charge in [0.05, 0.1) is 25.6 Å². The van der Waals surface area contributed by atoms with Gasteiger partial charge in [0.15, 0.2) is 0 Å². The van der Waals surface area contributed by atoms with E-state index in [1.165, 1.54) is 18.1 Å². The van der Waals surface area contributed by atoms with Gasteiger partial charge in [-0.3, -0.25) is 9.20 Å². The highest BCUT2D eigenvalue weighted by Gasteiger charge is 2.29. The van der Waals surface area contributed by atoms with Gasteiger partial charge in [-0.2, -0.15) is 8.78 Å². The molecule has 38 heavy (non-hydrogen) atoms. The van der Waals surface area contributed by atoms with Crippen LogP contribution >= 0.6 is 0 Å². The normalized spacial score (nSPS) is 17.5. The lowest BCUT2D eigenvalue weighted by Gasteiger charge is -2.30. The number of rotatable bonds is 9. The zero-order chi connectivity index (χ0) is 26.8. The van der Waals surface area contributed by atoms with Gasteiger partial charge in [-0.1, -0.05) is 0 Å². The molecule has 0 spiro atoms. The Morgan fingerprint density at radius 2 is 2.00 bits per heavy atom. The lowest BCUT2D eigenvalue weighted by Crippen LogP contribution is -2.40. The van der Waals surface area contributed by atoms with E-state index in [4.69, 9.17) is 14.2 Å². The van der Waals surface area contributed by atoms with E-state index in [1.54, 1.807) is 35.0 Å². The molecule has 2 aromatic heterocycles. The number of aromatic nitrogens is 2. The Morgan fingerprint density at radius 3 is 2.71 bits per heavy atom. The van der Waals surface area contributed by atoms with Crippen molar-refractivity contribution in [3.63, 3.8) is 0 Å². The second-order valence-corrected chi connectivity index (χ2v) is 9.46. The van der Waals surface area contributed by atoms with Gasteiger partial charge in [-0.25, -0.2) is 9.78 Å². The number of amides is 2. The summed E-state index contributed by atoms with van der Waals surface area (Å²) in [7, 11) is 1.36. The van der Waals surface area contributed by atoms with Crippen LogP contribution in [0.15, 0.2) is 36.7 Å². The number of fused-ring (bicyclic) bond motifs is 1. The molecule has 0 unspecified atom stereocenters. The summed E-state index contributed by atoms with van der Waals surface area (Å²) in [6, 6.07) is 6.48. The first-order valence-electron chi connectivity index (χ1n) is 12.4. The second-order valence-electron chi connectivity index (χ2n) is 9.46. The number of imidazole rings is 1. The number of hydrogen-bond donors (Lipinski definition) is 2. The van der Waals surface area contributed by atoms with Gasteiger partial charge in [0, 0.05) is 42.9 Å². The predicted octanol–water partition coefficient (Wildman–Crippen LogP) is 4.27. The van der Waals surface area contributed by atoms with E-state index in [0.29, 0.717) is 42.4 Å². The highest BCUT2D eigenvalue weighted by molar-refractivity contribution is 6.01. The molecule has 0 radical (unpaired) electrons. The van der Waals surface area contributed by atoms with Gasteiger partial charge in [-0.05, 0) is 43.9 Å². The molecule has 202 valence electrons. The molecule has 5 rings (SSSR count). The molecular weight excluding hydrogens is 502 g/mol. The number of pyridine rings is 1. The van der Waals surface area contributed by atoms with Crippen LogP contribution in [0.25, 0.3) is 16.9 Å². The number of nitrogens with one attached hydrogen (secondary N) is 1. The van der Waals surface area contributed by atoms with Gasteiger partial charge in [0.2, 0.25) is 0 Å². The van der Waals surface area contributed by atoms with Crippen molar-refractivity contribution in [1.82, 2.24) is 19.6 Å². The van der Waals surface area contributed by atoms with Crippen molar-refractivity contribution in [3.8, 4) is 28.5 Å². The third kappa shape index (κ3) is 5.58. The monoisotopic (exact) mass is 530 g/mol. The van der Waals surface area contributed by atoms with Gasteiger partial charge in [0.25, 0.3) is 5.91 Å². The maximum absolute atomic E-state index is 13.3. The number of hydrogen-bond acceptors (Lipinski definition) is 6. The Bertz CT molecular complexity index is 1340. The third-order valence-electron chi connectivity index (χ3n) is 6.70. The maximum atomic E-state index is 13.3. The minimum absolute atomic E-state index is 0.0238. The lowest BCUT2D eigenvalue weighted by molar-refractivity contribution is -0.0502.